The summed E-state index contributed by atoms with van der Waals surface area (Å²) in [6.07, 6.45) is 8.04. The molecule has 2 aromatic carbocycles. The number of para-hydroxylation sites is 1. The molecule has 4 saturated carbocycles. The second-order valence-electron chi connectivity index (χ2n) is 13.0. The van der Waals surface area contributed by atoms with E-state index in [9.17, 15) is 20.0 Å². The summed E-state index contributed by atoms with van der Waals surface area (Å²) >= 11 is 3.34. The number of nitro groups is 1. The van der Waals surface area contributed by atoms with E-state index in [-0.39, 0.29) is 28.4 Å². The van der Waals surface area contributed by atoms with Crippen LogP contribution in [0.25, 0.3) is 0 Å². The molecule has 4 bridgehead atoms. The van der Waals surface area contributed by atoms with Crippen LogP contribution in [-0.4, -0.2) is 50.7 Å². The minimum absolute atomic E-state index is 0.0922. The molecule has 8 rings (SSSR count). The molecule has 12 heteroatoms. The van der Waals surface area contributed by atoms with Gasteiger partial charge in [0.25, 0.3) is 0 Å². The van der Waals surface area contributed by atoms with Gasteiger partial charge >= 0.3 is 5.82 Å². The van der Waals surface area contributed by atoms with Crippen molar-refractivity contribution in [1.82, 2.24) is 14.8 Å². The van der Waals surface area contributed by atoms with Crippen molar-refractivity contribution in [2.24, 2.45) is 22.4 Å². The smallest absolute Gasteiger partial charge is 0.404 e. The summed E-state index contributed by atoms with van der Waals surface area (Å²) in [5.74, 6) is 1.96. The van der Waals surface area contributed by atoms with E-state index in [4.69, 9.17) is 14.6 Å². The highest BCUT2D eigenvalue weighted by Crippen LogP contribution is 2.65. The summed E-state index contributed by atoms with van der Waals surface area (Å²) in [5, 5.41) is 33.3. The monoisotopic (exact) mass is 663 g/mol. The van der Waals surface area contributed by atoms with Crippen LogP contribution in [0.2, 0.25) is 0 Å². The summed E-state index contributed by atoms with van der Waals surface area (Å²) in [4.78, 5) is 25.5. The molecule has 1 aliphatic heterocycles. The van der Waals surface area contributed by atoms with Gasteiger partial charge in [-0.1, -0.05) is 18.2 Å². The van der Waals surface area contributed by atoms with E-state index in [1.807, 2.05) is 28.9 Å². The van der Waals surface area contributed by atoms with Crippen molar-refractivity contribution in [3.63, 3.8) is 0 Å². The molecule has 1 aromatic heterocycles. The molecular weight excluding hydrogens is 630 g/mol. The number of aromatic nitrogens is 2. The van der Waals surface area contributed by atoms with Gasteiger partial charge in [0.1, 0.15) is 21.7 Å². The van der Waals surface area contributed by atoms with Gasteiger partial charge in [-0.15, -0.1) is 0 Å². The van der Waals surface area contributed by atoms with Gasteiger partial charge < -0.3 is 24.7 Å². The van der Waals surface area contributed by atoms with Crippen molar-refractivity contribution >= 4 is 33.4 Å². The second-order valence-corrected chi connectivity index (χ2v) is 13.8. The minimum atomic E-state index is -0.474. The van der Waals surface area contributed by atoms with Crippen molar-refractivity contribution in [3.8, 4) is 17.2 Å². The Bertz CT molecular complexity index is 1670. The molecule has 3 atom stereocenters. The van der Waals surface area contributed by atoms with Crippen LogP contribution >= 0.6 is 15.9 Å². The van der Waals surface area contributed by atoms with Gasteiger partial charge in [-0.2, -0.15) is 9.78 Å². The first kappa shape index (κ1) is 28.8. The molecule has 3 aromatic rings. The number of rotatable bonds is 8. The first-order valence-corrected chi connectivity index (χ1v) is 15.7. The van der Waals surface area contributed by atoms with Crippen molar-refractivity contribution in [1.29, 1.82) is 0 Å². The van der Waals surface area contributed by atoms with Crippen LogP contribution in [0.3, 0.4) is 0 Å². The zero-order valence-corrected chi connectivity index (χ0v) is 26.2. The van der Waals surface area contributed by atoms with Gasteiger partial charge in [0.05, 0.1) is 42.8 Å². The number of phenolic OH excluding ortho intramolecular Hbond substituents is 1. The number of carbonyl (C=O) groups excluding carboxylic acids is 1. The molecule has 4 aliphatic carbocycles. The normalized spacial score (nSPS) is 28.7. The number of hydrogen-bond donors (Lipinski definition) is 1. The average molecular weight is 665 g/mol. The van der Waals surface area contributed by atoms with E-state index in [1.54, 1.807) is 43.6 Å². The number of nitrogens with zero attached hydrogens (tertiary/aromatic N) is 5. The lowest BCUT2D eigenvalue weighted by Gasteiger charge is -2.61. The van der Waals surface area contributed by atoms with Gasteiger partial charge in [0, 0.05) is 30.0 Å². The first-order valence-electron chi connectivity index (χ1n) is 14.9. The topological polar surface area (TPSA) is 132 Å². The van der Waals surface area contributed by atoms with Gasteiger partial charge in [-0.05, 0) is 94.8 Å². The molecule has 4 fully saturated rings. The molecule has 0 unspecified atom stereocenters. The number of phenols is 1. The lowest BCUT2D eigenvalue weighted by atomic mass is 9.46. The van der Waals surface area contributed by atoms with Gasteiger partial charge in [0.15, 0.2) is 0 Å². The fraction of sp³-hybridized carbons (Fsp3) is 0.469. The molecule has 0 spiro atoms. The van der Waals surface area contributed by atoms with Crippen LogP contribution < -0.4 is 9.47 Å². The van der Waals surface area contributed by atoms with Gasteiger partial charge in [0.2, 0.25) is 5.91 Å². The molecule has 11 nitrogen and oxygen atoms in total. The predicted molar refractivity (Wildman–Crippen MR) is 165 cm³/mol. The number of carbonyl (C=O) groups is 1. The maximum Gasteiger partial charge on any atom is 0.404 e. The highest BCUT2D eigenvalue weighted by molar-refractivity contribution is 9.10. The molecule has 1 amide bonds. The van der Waals surface area contributed by atoms with Crippen molar-refractivity contribution in [3.05, 3.63) is 74.4 Å². The Morgan fingerprint density at radius 3 is 2.55 bits per heavy atom. The second kappa shape index (κ2) is 10.6. The van der Waals surface area contributed by atoms with Crippen LogP contribution in [0.1, 0.15) is 68.5 Å². The SMILES string of the molecule is COc1ccc(C2=NN(C(=O)CC34C[C@@H]5C[C@@H](C3)CC(n3cc(Br)c([N+](=O)[O-])n3)(C5)C4)[C@@H](c3ccccc3O)C2)c(OC)c1. The largest absolute Gasteiger partial charge is 0.508 e. The number of amides is 1. The Morgan fingerprint density at radius 1 is 1.14 bits per heavy atom. The highest BCUT2D eigenvalue weighted by Gasteiger charge is 2.61. The molecule has 5 aliphatic rings. The molecule has 1 N–H and O–H groups in total. The number of benzene rings is 2. The summed E-state index contributed by atoms with van der Waals surface area (Å²) in [6, 6.07) is 12.1. The Kier molecular flexibility index (Phi) is 6.95. The maximum atomic E-state index is 14.4. The zero-order chi connectivity index (χ0) is 30.8. The van der Waals surface area contributed by atoms with Crippen molar-refractivity contribution in [2.75, 3.05) is 14.2 Å². The number of ether oxygens (including phenoxy) is 2. The highest BCUT2D eigenvalue weighted by atomic mass is 79.9. The minimum Gasteiger partial charge on any atom is -0.508 e. The fourth-order valence-electron chi connectivity index (χ4n) is 8.94. The third kappa shape index (κ3) is 4.74. The number of halogens is 1. The summed E-state index contributed by atoms with van der Waals surface area (Å²) in [6.45, 7) is 0. The van der Waals surface area contributed by atoms with E-state index < -0.39 is 11.0 Å². The third-order valence-corrected chi connectivity index (χ3v) is 10.7. The van der Waals surface area contributed by atoms with Gasteiger partial charge in [-0.3, -0.25) is 4.79 Å². The quantitative estimate of drug-likeness (QED) is 0.220. The van der Waals surface area contributed by atoms with Crippen molar-refractivity contribution < 1.29 is 24.3 Å². The van der Waals surface area contributed by atoms with Gasteiger partial charge in [-0.25, -0.2) is 5.01 Å². The Morgan fingerprint density at radius 2 is 1.89 bits per heavy atom. The molecule has 2 heterocycles. The van der Waals surface area contributed by atoms with Crippen LogP contribution in [0, 0.1) is 27.4 Å². The van der Waals surface area contributed by atoms with E-state index in [1.165, 1.54) is 0 Å². The predicted octanol–water partition coefficient (Wildman–Crippen LogP) is 6.34. The maximum absolute atomic E-state index is 14.4. The van der Waals surface area contributed by atoms with E-state index in [0.717, 1.165) is 44.1 Å². The molecule has 230 valence electrons. The standard InChI is InChI=1S/C32H34BrN5O6/c1-43-21-7-8-22(28(10-21)44-2)25-11-26(23-5-3-4-6-27(23)39)37(34-25)29(40)16-31-12-19-9-20(13-31)15-32(14-19,18-31)36-17-24(33)30(35-36)38(41)42/h3-8,10,17,19-20,26,39H,9,11-16,18H2,1-2H3/t19-,20-,26+,31?,32?/m0/s1. The van der Waals surface area contributed by atoms with E-state index in [2.05, 4.69) is 21.0 Å². The molecular formula is C32H34BrN5O6. The average Bonchev–Trinajstić information content (AvgIpc) is 3.61. The lowest BCUT2D eigenvalue weighted by molar-refractivity contribution is -0.390. The number of methoxy groups -OCH3 is 2. The van der Waals surface area contributed by atoms with Crippen LogP contribution in [0.4, 0.5) is 5.82 Å². The fourth-order valence-corrected chi connectivity index (χ4v) is 9.36. The van der Waals surface area contributed by atoms with Crippen LogP contribution in [-0.2, 0) is 10.3 Å². The van der Waals surface area contributed by atoms with E-state index in [0.29, 0.717) is 51.9 Å². The third-order valence-electron chi connectivity index (χ3n) is 10.2. The number of aromatic hydroxyl groups is 1. The molecule has 0 radical (unpaired) electrons. The molecule has 0 saturated heterocycles. The van der Waals surface area contributed by atoms with Crippen LogP contribution in [0.15, 0.2) is 58.2 Å². The Hall–Kier alpha value is -3.93. The summed E-state index contributed by atoms with van der Waals surface area (Å²) in [5.41, 5.74) is 1.50. The Labute approximate surface area is 263 Å². The number of hydrogen-bond acceptors (Lipinski definition) is 8. The van der Waals surface area contributed by atoms with Crippen LogP contribution in [0.5, 0.6) is 17.2 Å². The lowest BCUT2D eigenvalue weighted by Crippen LogP contribution is -2.57. The van der Waals surface area contributed by atoms with Crippen molar-refractivity contribution in [2.45, 2.75) is 62.9 Å². The Balaban J connectivity index is 1.23. The first-order chi connectivity index (χ1) is 21.1. The molecule has 44 heavy (non-hydrogen) atoms. The summed E-state index contributed by atoms with van der Waals surface area (Å²) in [7, 11) is 3.18. The number of hydrazone groups is 1. The zero-order valence-electron chi connectivity index (χ0n) is 24.6. The van der Waals surface area contributed by atoms with E-state index >= 15 is 0 Å². The summed E-state index contributed by atoms with van der Waals surface area (Å²) < 4.78 is 13.2.